The van der Waals surface area contributed by atoms with Crippen molar-refractivity contribution in [3.63, 3.8) is 0 Å². The highest BCUT2D eigenvalue weighted by Crippen LogP contribution is 2.11. The zero-order chi connectivity index (χ0) is 14.4. The number of hydrogen-bond donors (Lipinski definition) is 2. The average molecular weight is 272 g/mol. The first-order chi connectivity index (χ1) is 9.69. The number of amides is 1. The lowest BCUT2D eigenvalue weighted by Crippen LogP contribution is -2.24. The third kappa shape index (κ3) is 3.85. The number of carbonyl (C=O) groups is 1. The molecule has 1 heterocycles. The van der Waals surface area contributed by atoms with Crippen molar-refractivity contribution >= 4 is 11.6 Å². The molecule has 0 bridgehead atoms. The van der Waals surface area contributed by atoms with Crippen molar-refractivity contribution in [2.24, 2.45) is 7.05 Å². The minimum atomic E-state index is 0.0567. The summed E-state index contributed by atoms with van der Waals surface area (Å²) in [4.78, 5) is 15.7. The summed E-state index contributed by atoms with van der Waals surface area (Å²) in [6, 6.07) is 7.90. The highest BCUT2D eigenvalue weighted by atomic mass is 16.1. The largest absolute Gasteiger partial charge is 0.378 e. The number of rotatable bonds is 6. The average Bonchev–Trinajstić information content (AvgIpc) is 2.84. The number of nitrogens with one attached hydrogen (secondary N) is 2. The number of aryl methyl sites for hydroxylation is 1. The molecule has 0 aliphatic heterocycles. The normalized spacial score (nSPS) is 10.3. The molecule has 1 amide bonds. The molecule has 20 heavy (non-hydrogen) atoms. The first kappa shape index (κ1) is 14.1. The van der Waals surface area contributed by atoms with Crippen LogP contribution >= 0.6 is 0 Å². The summed E-state index contributed by atoms with van der Waals surface area (Å²) in [5, 5.41) is 6.10. The summed E-state index contributed by atoms with van der Waals surface area (Å²) < 4.78 is 1.98. The summed E-state index contributed by atoms with van der Waals surface area (Å²) >= 11 is 0. The van der Waals surface area contributed by atoms with Gasteiger partial charge in [0, 0.05) is 31.7 Å². The van der Waals surface area contributed by atoms with Gasteiger partial charge in [-0.05, 0) is 24.6 Å². The minimum absolute atomic E-state index is 0.0567. The number of carbonyl (C=O) groups excluding carboxylic acids is 1. The van der Waals surface area contributed by atoms with Crippen LogP contribution in [0.25, 0.3) is 0 Å². The topological polar surface area (TPSA) is 59.0 Å². The standard InChI is InChI=1S/C15H20N4O/c1-3-16-15(20)10-12-4-6-13(7-5-12)18-11-14-17-8-9-19(14)2/h4-9,18H,3,10-11H2,1-2H3,(H,16,20). The molecule has 0 unspecified atom stereocenters. The van der Waals surface area contributed by atoms with E-state index in [4.69, 9.17) is 0 Å². The molecule has 1 aromatic heterocycles. The van der Waals surface area contributed by atoms with Gasteiger partial charge < -0.3 is 15.2 Å². The van der Waals surface area contributed by atoms with Crippen LogP contribution in [0.2, 0.25) is 0 Å². The number of imidazole rings is 1. The Morgan fingerprint density at radius 3 is 2.65 bits per heavy atom. The van der Waals surface area contributed by atoms with Crippen molar-refractivity contribution in [1.29, 1.82) is 0 Å². The van der Waals surface area contributed by atoms with Gasteiger partial charge in [-0.3, -0.25) is 4.79 Å². The van der Waals surface area contributed by atoms with Crippen molar-refractivity contribution in [3.8, 4) is 0 Å². The zero-order valence-electron chi connectivity index (χ0n) is 11.9. The summed E-state index contributed by atoms with van der Waals surface area (Å²) in [5.41, 5.74) is 2.03. The van der Waals surface area contributed by atoms with E-state index in [0.717, 1.165) is 17.1 Å². The molecule has 1 aromatic carbocycles. The maximum absolute atomic E-state index is 11.5. The molecule has 0 spiro atoms. The maximum atomic E-state index is 11.5. The number of likely N-dealkylation sites (N-methyl/N-ethyl adjacent to an activating group) is 1. The molecule has 5 heteroatoms. The van der Waals surface area contributed by atoms with Crippen molar-refractivity contribution in [1.82, 2.24) is 14.9 Å². The van der Waals surface area contributed by atoms with E-state index >= 15 is 0 Å². The highest BCUT2D eigenvalue weighted by Gasteiger charge is 2.02. The van der Waals surface area contributed by atoms with Gasteiger partial charge in [-0.15, -0.1) is 0 Å². The zero-order valence-corrected chi connectivity index (χ0v) is 11.9. The molecule has 5 nitrogen and oxygen atoms in total. The molecular weight excluding hydrogens is 252 g/mol. The smallest absolute Gasteiger partial charge is 0.224 e. The van der Waals surface area contributed by atoms with Crippen LogP contribution in [0.3, 0.4) is 0 Å². The van der Waals surface area contributed by atoms with Crippen molar-refractivity contribution in [3.05, 3.63) is 48.0 Å². The second-order valence-electron chi connectivity index (χ2n) is 4.64. The minimum Gasteiger partial charge on any atom is -0.378 e. The van der Waals surface area contributed by atoms with Gasteiger partial charge in [0.2, 0.25) is 5.91 Å². The van der Waals surface area contributed by atoms with Crippen LogP contribution in [-0.2, 0) is 24.8 Å². The van der Waals surface area contributed by atoms with Crippen LogP contribution in [0.15, 0.2) is 36.7 Å². The van der Waals surface area contributed by atoms with Gasteiger partial charge in [-0.1, -0.05) is 12.1 Å². The molecule has 0 saturated carbocycles. The Bertz CT molecular complexity index is 560. The van der Waals surface area contributed by atoms with E-state index in [1.807, 2.05) is 49.0 Å². The van der Waals surface area contributed by atoms with Gasteiger partial charge in [0.1, 0.15) is 5.82 Å². The van der Waals surface area contributed by atoms with Gasteiger partial charge >= 0.3 is 0 Å². The van der Waals surface area contributed by atoms with Gasteiger partial charge in [0.15, 0.2) is 0 Å². The third-order valence-corrected chi connectivity index (χ3v) is 3.06. The summed E-state index contributed by atoms with van der Waals surface area (Å²) in [7, 11) is 1.97. The van der Waals surface area contributed by atoms with Gasteiger partial charge in [0.25, 0.3) is 0 Å². The molecule has 0 saturated heterocycles. The van der Waals surface area contributed by atoms with Crippen LogP contribution in [0.1, 0.15) is 18.3 Å². The van der Waals surface area contributed by atoms with Crippen LogP contribution in [-0.4, -0.2) is 22.0 Å². The Kier molecular flexibility index (Phi) is 4.76. The van der Waals surface area contributed by atoms with E-state index in [1.54, 1.807) is 6.20 Å². The van der Waals surface area contributed by atoms with Gasteiger partial charge in [0.05, 0.1) is 13.0 Å². The Balaban J connectivity index is 1.88. The molecule has 2 rings (SSSR count). The predicted octanol–water partition coefficient (Wildman–Crippen LogP) is 1.71. The monoisotopic (exact) mass is 272 g/mol. The lowest BCUT2D eigenvalue weighted by Gasteiger charge is -2.08. The van der Waals surface area contributed by atoms with Crippen molar-refractivity contribution in [2.45, 2.75) is 19.9 Å². The Morgan fingerprint density at radius 1 is 1.30 bits per heavy atom. The fraction of sp³-hybridized carbons (Fsp3) is 0.333. The second-order valence-corrected chi connectivity index (χ2v) is 4.64. The second kappa shape index (κ2) is 6.75. The van der Waals surface area contributed by atoms with Crippen molar-refractivity contribution < 1.29 is 4.79 Å². The lowest BCUT2D eigenvalue weighted by molar-refractivity contribution is -0.120. The fourth-order valence-corrected chi connectivity index (χ4v) is 1.93. The fourth-order valence-electron chi connectivity index (χ4n) is 1.93. The summed E-state index contributed by atoms with van der Waals surface area (Å²) in [6.07, 6.45) is 4.13. The summed E-state index contributed by atoms with van der Waals surface area (Å²) in [6.45, 7) is 3.27. The SMILES string of the molecule is CCNC(=O)Cc1ccc(NCc2nccn2C)cc1. The molecule has 0 radical (unpaired) electrons. The first-order valence-corrected chi connectivity index (χ1v) is 6.74. The number of nitrogens with zero attached hydrogens (tertiary/aromatic N) is 2. The van der Waals surface area contributed by atoms with Gasteiger partial charge in [-0.2, -0.15) is 0 Å². The van der Waals surface area contributed by atoms with Crippen LogP contribution in [0, 0.1) is 0 Å². The molecular formula is C15H20N4O. The molecule has 0 aliphatic carbocycles. The molecule has 0 atom stereocenters. The molecule has 0 fully saturated rings. The Morgan fingerprint density at radius 2 is 2.05 bits per heavy atom. The van der Waals surface area contributed by atoms with E-state index in [2.05, 4.69) is 15.6 Å². The highest BCUT2D eigenvalue weighted by molar-refractivity contribution is 5.78. The van der Waals surface area contributed by atoms with Crippen LogP contribution < -0.4 is 10.6 Å². The molecule has 2 N–H and O–H groups in total. The molecule has 106 valence electrons. The number of anilines is 1. The predicted molar refractivity (Wildman–Crippen MR) is 79.4 cm³/mol. The van der Waals surface area contributed by atoms with Gasteiger partial charge in [-0.25, -0.2) is 4.98 Å². The van der Waals surface area contributed by atoms with Crippen molar-refractivity contribution in [2.75, 3.05) is 11.9 Å². The Labute approximate surface area is 119 Å². The van der Waals surface area contributed by atoms with E-state index in [9.17, 15) is 4.79 Å². The molecule has 0 aliphatic rings. The quantitative estimate of drug-likeness (QED) is 0.841. The van der Waals surface area contributed by atoms with Crippen LogP contribution in [0.5, 0.6) is 0 Å². The number of aromatic nitrogens is 2. The first-order valence-electron chi connectivity index (χ1n) is 6.74. The van der Waals surface area contributed by atoms with E-state index < -0.39 is 0 Å². The lowest BCUT2D eigenvalue weighted by atomic mass is 10.1. The maximum Gasteiger partial charge on any atom is 0.224 e. The number of benzene rings is 1. The summed E-state index contributed by atoms with van der Waals surface area (Å²) in [5.74, 6) is 1.04. The van der Waals surface area contributed by atoms with E-state index in [-0.39, 0.29) is 5.91 Å². The van der Waals surface area contributed by atoms with Crippen LogP contribution in [0.4, 0.5) is 5.69 Å². The van der Waals surface area contributed by atoms with E-state index in [1.165, 1.54) is 0 Å². The Hall–Kier alpha value is -2.30. The third-order valence-electron chi connectivity index (χ3n) is 3.06. The van der Waals surface area contributed by atoms with E-state index in [0.29, 0.717) is 19.5 Å². The number of hydrogen-bond acceptors (Lipinski definition) is 3. The molecule has 2 aromatic rings.